The molecule has 0 aromatic carbocycles. The molecule has 1 aromatic rings. The summed E-state index contributed by atoms with van der Waals surface area (Å²) in [6.07, 6.45) is 4.76. The molecule has 2 unspecified atom stereocenters. The summed E-state index contributed by atoms with van der Waals surface area (Å²) < 4.78 is 11.1. The molecule has 0 aliphatic carbocycles. The zero-order valence-corrected chi connectivity index (χ0v) is 11.2. The van der Waals surface area contributed by atoms with Crippen LogP contribution in [0.3, 0.4) is 0 Å². The summed E-state index contributed by atoms with van der Waals surface area (Å²) in [4.78, 5) is 4.16. The van der Waals surface area contributed by atoms with Crippen molar-refractivity contribution in [1.82, 2.24) is 4.98 Å². The summed E-state index contributed by atoms with van der Waals surface area (Å²) in [6, 6.07) is 1.88. The van der Waals surface area contributed by atoms with Gasteiger partial charge in [-0.05, 0) is 26.8 Å². The van der Waals surface area contributed by atoms with Gasteiger partial charge in [0, 0.05) is 24.6 Å². The van der Waals surface area contributed by atoms with E-state index in [4.69, 9.17) is 9.47 Å². The second kappa shape index (κ2) is 5.24. The highest BCUT2D eigenvalue weighted by molar-refractivity contribution is 5.28. The third-order valence-corrected chi connectivity index (χ3v) is 3.17. The summed E-state index contributed by atoms with van der Waals surface area (Å²) in [5.74, 6) is 0.704. The van der Waals surface area contributed by atoms with E-state index >= 15 is 0 Å². The Morgan fingerprint density at radius 2 is 2.28 bits per heavy atom. The van der Waals surface area contributed by atoms with Crippen LogP contribution in [0.5, 0.6) is 5.75 Å². The van der Waals surface area contributed by atoms with Gasteiger partial charge in [0.2, 0.25) is 0 Å². The Morgan fingerprint density at radius 3 is 2.94 bits per heavy atom. The molecule has 100 valence electrons. The van der Waals surface area contributed by atoms with E-state index in [-0.39, 0.29) is 12.2 Å². The van der Waals surface area contributed by atoms with Gasteiger partial charge in [-0.2, -0.15) is 0 Å². The largest absolute Gasteiger partial charge is 0.489 e. The lowest BCUT2D eigenvalue weighted by atomic mass is 9.85. The molecule has 0 bridgehead atoms. The van der Waals surface area contributed by atoms with Crippen LogP contribution >= 0.6 is 0 Å². The van der Waals surface area contributed by atoms with Gasteiger partial charge in [0.1, 0.15) is 5.75 Å². The Balaban J connectivity index is 2.21. The van der Waals surface area contributed by atoms with Gasteiger partial charge in [0.25, 0.3) is 0 Å². The molecule has 18 heavy (non-hydrogen) atoms. The molecule has 0 radical (unpaired) electrons. The smallest absolute Gasteiger partial charge is 0.138 e. The number of nitrogens with zero attached hydrogens (tertiary/aromatic N) is 1. The van der Waals surface area contributed by atoms with E-state index in [9.17, 15) is 5.11 Å². The maximum atomic E-state index is 10.7. The average molecular weight is 251 g/mol. The highest BCUT2D eigenvalue weighted by Gasteiger charge is 2.35. The number of pyridine rings is 1. The minimum atomic E-state index is -0.846. The minimum absolute atomic E-state index is 0.0680. The van der Waals surface area contributed by atoms with Crippen molar-refractivity contribution >= 4 is 0 Å². The van der Waals surface area contributed by atoms with Gasteiger partial charge in [-0.1, -0.05) is 0 Å². The van der Waals surface area contributed by atoms with Gasteiger partial charge in [0.15, 0.2) is 0 Å². The Hall–Kier alpha value is -1.13. The van der Waals surface area contributed by atoms with E-state index in [1.807, 2.05) is 26.8 Å². The van der Waals surface area contributed by atoms with Crippen LogP contribution in [0.1, 0.15) is 39.2 Å². The molecule has 4 heteroatoms. The van der Waals surface area contributed by atoms with Gasteiger partial charge >= 0.3 is 0 Å². The summed E-state index contributed by atoms with van der Waals surface area (Å²) >= 11 is 0. The minimum Gasteiger partial charge on any atom is -0.489 e. The molecule has 0 spiro atoms. The first-order chi connectivity index (χ1) is 8.49. The maximum Gasteiger partial charge on any atom is 0.138 e. The predicted octanol–water partition coefficient (Wildman–Crippen LogP) is 2.26. The zero-order chi connectivity index (χ0) is 13.2. The molecule has 0 amide bonds. The number of aliphatic hydroxyl groups is 1. The van der Waals surface area contributed by atoms with Crippen molar-refractivity contribution in [3.8, 4) is 5.75 Å². The second-order valence-electron chi connectivity index (χ2n) is 5.24. The number of ether oxygens (including phenoxy) is 2. The summed E-state index contributed by atoms with van der Waals surface area (Å²) in [7, 11) is 0. The number of hydrogen-bond donors (Lipinski definition) is 1. The number of rotatable bonds is 3. The summed E-state index contributed by atoms with van der Waals surface area (Å²) in [5, 5.41) is 10.7. The van der Waals surface area contributed by atoms with Crippen LogP contribution in [-0.2, 0) is 10.3 Å². The number of aromatic nitrogens is 1. The van der Waals surface area contributed by atoms with Crippen molar-refractivity contribution in [3.05, 3.63) is 24.0 Å². The van der Waals surface area contributed by atoms with Crippen molar-refractivity contribution in [1.29, 1.82) is 0 Å². The quantitative estimate of drug-likeness (QED) is 0.895. The molecule has 1 aliphatic heterocycles. The van der Waals surface area contributed by atoms with Gasteiger partial charge < -0.3 is 14.6 Å². The molecule has 1 aromatic heterocycles. The fourth-order valence-corrected chi connectivity index (χ4v) is 2.34. The summed E-state index contributed by atoms with van der Waals surface area (Å²) in [5.41, 5.74) is -0.0307. The first-order valence-corrected chi connectivity index (χ1v) is 6.46. The van der Waals surface area contributed by atoms with E-state index in [1.165, 1.54) is 0 Å². The van der Waals surface area contributed by atoms with Crippen molar-refractivity contribution in [2.75, 3.05) is 6.61 Å². The second-order valence-corrected chi connectivity index (χ2v) is 5.24. The first-order valence-electron chi connectivity index (χ1n) is 6.46. The lowest BCUT2D eigenvalue weighted by Crippen LogP contribution is -2.37. The van der Waals surface area contributed by atoms with Crippen LogP contribution in [0.4, 0.5) is 0 Å². The van der Waals surface area contributed by atoms with Crippen LogP contribution in [0.15, 0.2) is 18.5 Å². The molecule has 1 N–H and O–H groups in total. The molecular weight excluding hydrogens is 230 g/mol. The highest BCUT2D eigenvalue weighted by Crippen LogP contribution is 2.35. The Labute approximate surface area is 108 Å². The lowest BCUT2D eigenvalue weighted by Gasteiger charge is -2.35. The van der Waals surface area contributed by atoms with Crippen molar-refractivity contribution < 1.29 is 14.6 Å². The third kappa shape index (κ3) is 3.00. The molecule has 4 nitrogen and oxygen atoms in total. The molecule has 2 atom stereocenters. The zero-order valence-electron chi connectivity index (χ0n) is 11.2. The Morgan fingerprint density at radius 1 is 1.50 bits per heavy atom. The Kier molecular flexibility index (Phi) is 3.88. The standard InChI is InChI=1S/C14H21NO3/c1-10(2)18-13-6-12(8-15-9-13)14(16)4-5-17-11(3)7-14/h6,8-11,16H,4-5,7H2,1-3H3. The van der Waals surface area contributed by atoms with E-state index < -0.39 is 5.60 Å². The van der Waals surface area contributed by atoms with Crippen LogP contribution in [0, 0.1) is 0 Å². The molecule has 2 rings (SSSR count). The fraction of sp³-hybridized carbons (Fsp3) is 0.643. The molecular formula is C14H21NO3. The molecule has 1 aliphatic rings. The molecule has 0 saturated carbocycles. The van der Waals surface area contributed by atoms with Crippen LogP contribution < -0.4 is 4.74 Å². The first kappa shape index (κ1) is 13.3. The van der Waals surface area contributed by atoms with Crippen molar-refractivity contribution in [3.63, 3.8) is 0 Å². The van der Waals surface area contributed by atoms with Crippen LogP contribution in [-0.4, -0.2) is 28.9 Å². The van der Waals surface area contributed by atoms with Gasteiger partial charge in [0.05, 0.1) is 30.6 Å². The molecule has 1 fully saturated rings. The lowest BCUT2D eigenvalue weighted by molar-refractivity contribution is -0.102. The normalized spacial score (nSPS) is 28.4. The van der Waals surface area contributed by atoms with Crippen molar-refractivity contribution in [2.45, 2.75) is 51.4 Å². The maximum absolute atomic E-state index is 10.7. The average Bonchev–Trinajstić information content (AvgIpc) is 2.28. The number of hydrogen-bond acceptors (Lipinski definition) is 4. The van der Waals surface area contributed by atoms with Gasteiger partial charge in [-0.25, -0.2) is 0 Å². The van der Waals surface area contributed by atoms with Crippen molar-refractivity contribution in [2.24, 2.45) is 0 Å². The SMILES string of the molecule is CC(C)Oc1cncc(C2(O)CCOC(C)C2)c1. The monoisotopic (exact) mass is 251 g/mol. The van der Waals surface area contributed by atoms with E-state index in [1.54, 1.807) is 12.4 Å². The third-order valence-electron chi connectivity index (χ3n) is 3.17. The Bertz CT molecular complexity index is 408. The topological polar surface area (TPSA) is 51.6 Å². The summed E-state index contributed by atoms with van der Waals surface area (Å²) in [6.45, 7) is 6.49. The molecule has 2 heterocycles. The van der Waals surface area contributed by atoms with Crippen LogP contribution in [0.2, 0.25) is 0 Å². The fourth-order valence-electron chi connectivity index (χ4n) is 2.34. The van der Waals surface area contributed by atoms with E-state index in [0.29, 0.717) is 25.2 Å². The molecule has 1 saturated heterocycles. The van der Waals surface area contributed by atoms with Crippen LogP contribution in [0.25, 0.3) is 0 Å². The van der Waals surface area contributed by atoms with E-state index in [2.05, 4.69) is 4.98 Å². The van der Waals surface area contributed by atoms with E-state index in [0.717, 1.165) is 5.56 Å². The van der Waals surface area contributed by atoms with Gasteiger partial charge in [-0.3, -0.25) is 4.98 Å². The predicted molar refractivity (Wildman–Crippen MR) is 68.5 cm³/mol. The van der Waals surface area contributed by atoms with Gasteiger partial charge in [-0.15, -0.1) is 0 Å². The highest BCUT2D eigenvalue weighted by atomic mass is 16.5.